The molecule has 0 aromatic heterocycles. The summed E-state index contributed by atoms with van der Waals surface area (Å²) in [4.78, 5) is 25.5. The maximum atomic E-state index is 14.5. The third kappa shape index (κ3) is 5.60. The molecule has 0 radical (unpaired) electrons. The quantitative estimate of drug-likeness (QED) is 0.303. The van der Waals surface area contributed by atoms with Gasteiger partial charge in [-0.2, -0.15) is 26.3 Å². The molecule has 1 aliphatic rings. The Labute approximate surface area is 225 Å². The van der Waals surface area contributed by atoms with Crippen LogP contribution in [0.1, 0.15) is 37.4 Å². The average molecular weight is 592 g/mol. The van der Waals surface area contributed by atoms with E-state index in [1.54, 1.807) is 0 Å². The molecular formula is C26H17F9N2O4. The van der Waals surface area contributed by atoms with Crippen LogP contribution in [-0.2, 0) is 5.67 Å². The predicted molar refractivity (Wildman–Crippen MR) is 126 cm³/mol. The van der Waals surface area contributed by atoms with Gasteiger partial charge in [0.2, 0.25) is 0 Å². The molecule has 0 atom stereocenters. The predicted octanol–water partition coefficient (Wildman–Crippen LogP) is 7.42. The van der Waals surface area contributed by atoms with Gasteiger partial charge in [0.05, 0.1) is 0 Å². The van der Waals surface area contributed by atoms with Gasteiger partial charge in [0.1, 0.15) is 0 Å². The number of amides is 2. The molecule has 0 unspecified atom stereocenters. The van der Waals surface area contributed by atoms with E-state index in [4.69, 9.17) is 0 Å². The lowest BCUT2D eigenvalue weighted by molar-refractivity contribution is -0.348. The smallest absolute Gasteiger partial charge is 0.395 e. The van der Waals surface area contributed by atoms with Gasteiger partial charge in [0.15, 0.2) is 11.5 Å². The number of anilines is 2. The van der Waals surface area contributed by atoms with Crippen LogP contribution >= 0.6 is 0 Å². The SMILES string of the molecule is Cc1cc(C(F)(C(F)(F)F)C(F)(F)F)cc(C)c1NC(=O)c1cccc(NC(=O)c2ccc3c(c2)OC(F)(F)O3)c1. The molecule has 0 bridgehead atoms. The lowest BCUT2D eigenvalue weighted by Gasteiger charge is -2.31. The largest absolute Gasteiger partial charge is 0.586 e. The number of carbonyl (C=O) groups excluding carboxylic acids is 2. The molecule has 3 aromatic carbocycles. The Morgan fingerprint density at radius 3 is 1.83 bits per heavy atom. The highest BCUT2D eigenvalue weighted by Gasteiger charge is 2.73. The van der Waals surface area contributed by atoms with Gasteiger partial charge in [-0.1, -0.05) is 18.2 Å². The van der Waals surface area contributed by atoms with E-state index in [-0.39, 0.29) is 45.1 Å². The molecule has 0 saturated carbocycles. The first kappa shape index (κ1) is 29.6. The number of carbonyl (C=O) groups is 2. The van der Waals surface area contributed by atoms with Crippen LogP contribution in [0.3, 0.4) is 0 Å². The van der Waals surface area contributed by atoms with E-state index < -0.39 is 41.7 Å². The summed E-state index contributed by atoms with van der Waals surface area (Å²) in [7, 11) is 0. The number of fused-ring (bicyclic) bond motifs is 1. The number of benzene rings is 3. The number of hydrogen-bond donors (Lipinski definition) is 2. The lowest BCUT2D eigenvalue weighted by Crippen LogP contribution is -2.50. The standard InChI is InChI=1S/C26H17F9N2O4/c1-12-8-16(23(27,24(28,29)30)25(31,32)33)9-13(2)20(12)37-22(39)14-4-3-5-17(10-14)36-21(38)15-6-7-18-19(11-15)41-26(34,35)40-18/h3-11H,1-2H3,(H,36,38)(H,37,39). The van der Waals surface area contributed by atoms with Crippen LogP contribution in [0.2, 0.25) is 0 Å². The second-order valence-corrected chi connectivity index (χ2v) is 8.96. The second-order valence-electron chi connectivity index (χ2n) is 8.96. The molecule has 1 aliphatic heterocycles. The Balaban J connectivity index is 1.53. The number of nitrogens with one attached hydrogen (secondary N) is 2. The molecule has 15 heteroatoms. The normalized spacial score (nSPS) is 14.5. The Kier molecular flexibility index (Phi) is 7.13. The fourth-order valence-electron chi connectivity index (χ4n) is 4.07. The molecular weight excluding hydrogens is 575 g/mol. The van der Waals surface area contributed by atoms with Crippen molar-refractivity contribution in [1.29, 1.82) is 0 Å². The Bertz CT molecular complexity index is 1500. The molecule has 1 heterocycles. The number of alkyl halides is 9. The number of ether oxygens (including phenoxy) is 2. The minimum atomic E-state index is -6.30. The number of halogens is 9. The molecule has 0 spiro atoms. The molecule has 4 rings (SSSR count). The van der Waals surface area contributed by atoms with Crippen molar-refractivity contribution in [2.45, 2.75) is 38.2 Å². The van der Waals surface area contributed by atoms with Gasteiger partial charge in [-0.25, -0.2) is 4.39 Å². The van der Waals surface area contributed by atoms with Crippen molar-refractivity contribution >= 4 is 23.2 Å². The van der Waals surface area contributed by atoms with E-state index in [0.717, 1.165) is 26.0 Å². The third-order valence-corrected chi connectivity index (χ3v) is 6.00. The average Bonchev–Trinajstić information content (AvgIpc) is 3.17. The van der Waals surface area contributed by atoms with Crippen molar-refractivity contribution in [2.75, 3.05) is 10.6 Å². The fraction of sp³-hybridized carbons (Fsp3) is 0.231. The van der Waals surface area contributed by atoms with Gasteiger partial charge in [0, 0.05) is 28.1 Å². The van der Waals surface area contributed by atoms with Crippen molar-refractivity contribution in [3.8, 4) is 11.5 Å². The number of aryl methyl sites for hydroxylation is 2. The van der Waals surface area contributed by atoms with Crippen molar-refractivity contribution in [3.05, 3.63) is 82.4 Å². The van der Waals surface area contributed by atoms with Gasteiger partial charge >= 0.3 is 24.3 Å². The van der Waals surface area contributed by atoms with Gasteiger partial charge in [-0.15, -0.1) is 8.78 Å². The maximum Gasteiger partial charge on any atom is 0.586 e. The second kappa shape index (κ2) is 9.89. The van der Waals surface area contributed by atoms with E-state index in [2.05, 4.69) is 20.1 Å². The first-order chi connectivity index (χ1) is 18.8. The zero-order chi connectivity index (χ0) is 30.5. The van der Waals surface area contributed by atoms with Crippen LogP contribution in [0.15, 0.2) is 54.6 Å². The molecule has 0 aliphatic carbocycles. The van der Waals surface area contributed by atoms with Gasteiger partial charge in [-0.05, 0) is 61.4 Å². The summed E-state index contributed by atoms with van der Waals surface area (Å²) in [5, 5.41) is 4.81. The van der Waals surface area contributed by atoms with Gasteiger partial charge in [0.25, 0.3) is 11.8 Å². The summed E-state index contributed by atoms with van der Waals surface area (Å²) in [5.41, 5.74) is -8.13. The first-order valence-corrected chi connectivity index (χ1v) is 11.4. The summed E-state index contributed by atoms with van der Waals surface area (Å²) >= 11 is 0. The minimum Gasteiger partial charge on any atom is -0.395 e. The third-order valence-electron chi connectivity index (χ3n) is 6.00. The zero-order valence-corrected chi connectivity index (χ0v) is 20.7. The first-order valence-electron chi connectivity index (χ1n) is 11.4. The highest BCUT2D eigenvalue weighted by atomic mass is 19.4. The van der Waals surface area contributed by atoms with Crippen LogP contribution < -0.4 is 20.1 Å². The van der Waals surface area contributed by atoms with Gasteiger partial charge < -0.3 is 20.1 Å². The summed E-state index contributed by atoms with van der Waals surface area (Å²) in [6.45, 7) is 2.19. The molecule has 0 fully saturated rings. The van der Waals surface area contributed by atoms with Crippen LogP contribution in [-0.4, -0.2) is 30.5 Å². The molecule has 2 amide bonds. The monoisotopic (exact) mass is 592 g/mol. The van der Waals surface area contributed by atoms with Crippen molar-refractivity contribution in [3.63, 3.8) is 0 Å². The van der Waals surface area contributed by atoms with Crippen molar-refractivity contribution in [1.82, 2.24) is 0 Å². The molecule has 3 aromatic rings. The van der Waals surface area contributed by atoms with E-state index >= 15 is 0 Å². The highest BCUT2D eigenvalue weighted by molar-refractivity contribution is 6.08. The molecule has 218 valence electrons. The zero-order valence-electron chi connectivity index (χ0n) is 20.7. The number of rotatable bonds is 5. The van der Waals surface area contributed by atoms with Crippen molar-refractivity contribution < 1.29 is 58.6 Å². The topological polar surface area (TPSA) is 76.7 Å². The van der Waals surface area contributed by atoms with Crippen LogP contribution in [0.5, 0.6) is 11.5 Å². The number of hydrogen-bond acceptors (Lipinski definition) is 4. The van der Waals surface area contributed by atoms with E-state index in [9.17, 15) is 49.1 Å². The summed E-state index contributed by atoms with van der Waals surface area (Å²) in [6.07, 6.45) is -16.5. The molecule has 2 N–H and O–H groups in total. The summed E-state index contributed by atoms with van der Waals surface area (Å²) < 4.78 is 129. The summed E-state index contributed by atoms with van der Waals surface area (Å²) in [5.74, 6) is -2.28. The molecule has 0 saturated heterocycles. The highest BCUT2D eigenvalue weighted by Crippen LogP contribution is 2.53. The van der Waals surface area contributed by atoms with E-state index in [1.165, 1.54) is 30.3 Å². The van der Waals surface area contributed by atoms with Gasteiger partial charge in [-0.3, -0.25) is 9.59 Å². The van der Waals surface area contributed by atoms with E-state index in [0.29, 0.717) is 12.1 Å². The molecule has 6 nitrogen and oxygen atoms in total. The van der Waals surface area contributed by atoms with Crippen LogP contribution in [0.25, 0.3) is 0 Å². The lowest BCUT2D eigenvalue weighted by atomic mass is 9.90. The van der Waals surface area contributed by atoms with Crippen molar-refractivity contribution in [2.24, 2.45) is 0 Å². The van der Waals surface area contributed by atoms with Crippen LogP contribution in [0, 0.1) is 13.8 Å². The molecule has 41 heavy (non-hydrogen) atoms. The van der Waals surface area contributed by atoms with E-state index in [1.807, 2.05) is 0 Å². The minimum absolute atomic E-state index is 0.0759. The Morgan fingerprint density at radius 1 is 0.707 bits per heavy atom. The summed E-state index contributed by atoms with van der Waals surface area (Å²) in [6, 6.07) is 9.24. The Hall–Kier alpha value is -4.43. The Morgan fingerprint density at radius 2 is 1.24 bits per heavy atom. The maximum absolute atomic E-state index is 14.5. The van der Waals surface area contributed by atoms with Crippen LogP contribution in [0.4, 0.5) is 50.9 Å². The fourth-order valence-corrected chi connectivity index (χ4v) is 4.07.